The number of halogens is 1. The van der Waals surface area contributed by atoms with Gasteiger partial charge in [0, 0.05) is 28.2 Å². The number of hydrogen-bond donors (Lipinski definition) is 1. The summed E-state index contributed by atoms with van der Waals surface area (Å²) in [6.45, 7) is 0. The van der Waals surface area contributed by atoms with Crippen LogP contribution in [0.25, 0.3) is 22.2 Å². The molecule has 1 aliphatic rings. The fourth-order valence-corrected chi connectivity index (χ4v) is 5.91. The van der Waals surface area contributed by atoms with Gasteiger partial charge in [-0.3, -0.25) is 0 Å². The molecule has 0 amide bonds. The molecule has 4 aromatic rings. The van der Waals surface area contributed by atoms with Crippen LogP contribution in [0.5, 0.6) is 0 Å². The summed E-state index contributed by atoms with van der Waals surface area (Å²) in [5, 5.41) is 4.62. The summed E-state index contributed by atoms with van der Waals surface area (Å²) >= 11 is 6.07. The van der Waals surface area contributed by atoms with Crippen LogP contribution in [0.2, 0.25) is 5.02 Å². The molecule has 5 rings (SSSR count). The van der Waals surface area contributed by atoms with Gasteiger partial charge in [-0.25, -0.2) is 12.4 Å². The summed E-state index contributed by atoms with van der Waals surface area (Å²) in [5.74, 6) is 0. The van der Waals surface area contributed by atoms with Crippen LogP contribution in [0.15, 0.2) is 70.3 Å². The Labute approximate surface area is 174 Å². The molecule has 0 fully saturated rings. The Bertz CT molecular complexity index is 1340. The Hall–Kier alpha value is -2.54. The fraction of sp³-hybridized carbons (Fsp3) is 0.182. The zero-order chi connectivity index (χ0) is 20.2. The van der Waals surface area contributed by atoms with Gasteiger partial charge in [0.05, 0.1) is 16.9 Å². The molecule has 2 heterocycles. The average Bonchev–Trinajstić information content (AvgIpc) is 3.41. The number of nitrogens with one attached hydrogen (secondary N) is 1. The molecule has 1 atom stereocenters. The van der Waals surface area contributed by atoms with Crippen LogP contribution in [0.4, 0.5) is 0 Å². The van der Waals surface area contributed by atoms with Gasteiger partial charge in [-0.2, -0.15) is 0 Å². The maximum Gasteiger partial charge on any atom is 0.268 e. The second-order valence-electron chi connectivity index (χ2n) is 7.22. The fourth-order valence-electron chi connectivity index (χ4n) is 4.19. The number of aromatic nitrogens is 1. The molecule has 1 aliphatic carbocycles. The molecular formula is C22H19ClN2O3S. The molecule has 0 saturated heterocycles. The van der Waals surface area contributed by atoms with Gasteiger partial charge in [-0.05, 0) is 73.5 Å². The van der Waals surface area contributed by atoms with Gasteiger partial charge < -0.3 is 9.73 Å². The van der Waals surface area contributed by atoms with Crippen molar-refractivity contribution in [2.75, 3.05) is 7.05 Å². The molecule has 29 heavy (non-hydrogen) atoms. The minimum absolute atomic E-state index is 0.136. The maximum atomic E-state index is 13.6. The van der Waals surface area contributed by atoms with Crippen LogP contribution < -0.4 is 5.32 Å². The van der Waals surface area contributed by atoms with Crippen LogP contribution >= 0.6 is 11.6 Å². The molecule has 0 saturated carbocycles. The predicted molar refractivity (Wildman–Crippen MR) is 114 cm³/mol. The highest BCUT2D eigenvalue weighted by molar-refractivity contribution is 7.90. The molecule has 0 bridgehead atoms. The van der Waals surface area contributed by atoms with E-state index >= 15 is 0 Å². The van der Waals surface area contributed by atoms with E-state index in [9.17, 15) is 8.42 Å². The van der Waals surface area contributed by atoms with Gasteiger partial charge in [-0.15, -0.1) is 0 Å². The molecule has 0 radical (unpaired) electrons. The third kappa shape index (κ3) is 2.90. The van der Waals surface area contributed by atoms with Crippen molar-refractivity contribution in [1.29, 1.82) is 0 Å². The molecule has 0 spiro atoms. The Balaban J connectivity index is 1.77. The van der Waals surface area contributed by atoms with Gasteiger partial charge in [0.25, 0.3) is 10.0 Å². The first-order chi connectivity index (χ1) is 14.0. The molecule has 0 aliphatic heterocycles. The summed E-state index contributed by atoms with van der Waals surface area (Å²) in [7, 11) is -1.91. The molecule has 2 aromatic heterocycles. The van der Waals surface area contributed by atoms with Crippen LogP contribution in [0.1, 0.15) is 23.6 Å². The highest BCUT2D eigenvalue weighted by Crippen LogP contribution is 2.41. The van der Waals surface area contributed by atoms with Crippen molar-refractivity contribution in [1.82, 2.24) is 9.29 Å². The number of benzene rings is 2. The summed E-state index contributed by atoms with van der Waals surface area (Å²) in [6.07, 6.45) is 5.16. The monoisotopic (exact) mass is 426 g/mol. The van der Waals surface area contributed by atoms with E-state index in [1.54, 1.807) is 30.7 Å². The number of furan rings is 1. The zero-order valence-corrected chi connectivity index (χ0v) is 17.3. The quantitative estimate of drug-likeness (QED) is 0.498. The minimum atomic E-state index is -3.81. The average molecular weight is 427 g/mol. The number of rotatable bonds is 4. The second-order valence-corrected chi connectivity index (χ2v) is 9.47. The molecule has 1 N–H and O–H groups in total. The highest BCUT2D eigenvalue weighted by Gasteiger charge is 2.32. The first-order valence-corrected chi connectivity index (χ1v) is 11.2. The maximum absolute atomic E-state index is 13.6. The Morgan fingerprint density at radius 2 is 2.03 bits per heavy atom. The smallest absolute Gasteiger partial charge is 0.268 e. The van der Waals surface area contributed by atoms with E-state index in [1.807, 2.05) is 31.3 Å². The summed E-state index contributed by atoms with van der Waals surface area (Å²) in [4.78, 5) is 0.172. The minimum Gasteiger partial charge on any atom is -0.464 e. The molecule has 7 heteroatoms. The van der Waals surface area contributed by atoms with E-state index in [4.69, 9.17) is 16.0 Å². The van der Waals surface area contributed by atoms with Crippen molar-refractivity contribution in [3.8, 4) is 11.3 Å². The van der Waals surface area contributed by atoms with Crippen molar-refractivity contribution >= 4 is 32.6 Å². The van der Waals surface area contributed by atoms with Gasteiger partial charge in [0.2, 0.25) is 0 Å². The topological polar surface area (TPSA) is 64.2 Å². The number of hydrogen-bond acceptors (Lipinski definition) is 4. The predicted octanol–water partition coefficient (Wildman–Crippen LogP) is 5.00. The first kappa shape index (κ1) is 18.5. The lowest BCUT2D eigenvalue weighted by atomic mass is 10.0. The van der Waals surface area contributed by atoms with Gasteiger partial charge in [-0.1, -0.05) is 17.7 Å². The number of fused-ring (bicyclic) bond motifs is 2. The van der Waals surface area contributed by atoms with E-state index in [-0.39, 0.29) is 10.9 Å². The molecule has 1 unspecified atom stereocenters. The van der Waals surface area contributed by atoms with Crippen molar-refractivity contribution in [3.05, 3.63) is 77.1 Å². The molecular weight excluding hydrogens is 408 g/mol. The zero-order valence-electron chi connectivity index (χ0n) is 15.7. The summed E-state index contributed by atoms with van der Waals surface area (Å²) in [6, 6.07) is 14.2. The first-order valence-electron chi connectivity index (χ1n) is 9.39. The number of nitrogens with zero attached hydrogens (tertiary/aromatic N) is 1. The lowest BCUT2D eigenvalue weighted by Gasteiger charge is -2.13. The van der Waals surface area contributed by atoms with Crippen molar-refractivity contribution in [2.45, 2.75) is 23.8 Å². The normalized spacial score (nSPS) is 16.4. The molecule has 5 nitrogen and oxygen atoms in total. The van der Waals surface area contributed by atoms with Crippen molar-refractivity contribution < 1.29 is 12.8 Å². The van der Waals surface area contributed by atoms with Crippen LogP contribution in [-0.2, 0) is 16.4 Å². The van der Waals surface area contributed by atoms with E-state index in [1.165, 1.54) is 10.0 Å². The summed E-state index contributed by atoms with van der Waals surface area (Å²) < 4.78 is 34.0. The van der Waals surface area contributed by atoms with E-state index in [2.05, 4.69) is 5.32 Å². The van der Waals surface area contributed by atoms with Gasteiger partial charge in [0.15, 0.2) is 0 Å². The Morgan fingerprint density at radius 1 is 1.17 bits per heavy atom. The second kappa shape index (κ2) is 6.76. The SMILES string of the molecule is CNC1CCc2c1cn(S(=O)(=O)c1cccc(Cl)c1)c2-c1ccc2occc2c1. The largest absolute Gasteiger partial charge is 0.464 e. The summed E-state index contributed by atoms with van der Waals surface area (Å²) in [5.41, 5.74) is 4.43. The lowest BCUT2D eigenvalue weighted by Crippen LogP contribution is -2.16. The molecule has 2 aromatic carbocycles. The Kier molecular flexibility index (Phi) is 4.31. The van der Waals surface area contributed by atoms with Crippen molar-refractivity contribution in [3.63, 3.8) is 0 Å². The Morgan fingerprint density at radius 3 is 2.83 bits per heavy atom. The van der Waals surface area contributed by atoms with Gasteiger partial charge in [0.1, 0.15) is 5.58 Å². The van der Waals surface area contributed by atoms with Gasteiger partial charge >= 0.3 is 0 Å². The van der Waals surface area contributed by atoms with Crippen molar-refractivity contribution in [2.24, 2.45) is 0 Å². The lowest BCUT2D eigenvalue weighted by molar-refractivity contribution is 0.579. The van der Waals surface area contributed by atoms with E-state index in [0.29, 0.717) is 10.7 Å². The highest BCUT2D eigenvalue weighted by atomic mass is 35.5. The van der Waals surface area contributed by atoms with Crippen LogP contribution in [0.3, 0.4) is 0 Å². The third-order valence-corrected chi connectivity index (χ3v) is 7.49. The van der Waals surface area contributed by atoms with E-state index < -0.39 is 10.0 Å². The van der Waals surface area contributed by atoms with Crippen LogP contribution in [0, 0.1) is 0 Å². The van der Waals surface area contributed by atoms with E-state index in [0.717, 1.165) is 40.5 Å². The molecule has 148 valence electrons. The van der Waals surface area contributed by atoms with Crippen LogP contribution in [-0.4, -0.2) is 19.4 Å². The standard InChI is InChI=1S/C22H19ClN2O3S/c1-24-20-7-6-18-19(20)13-25(29(26,27)17-4-2-3-16(23)12-17)22(18)15-5-8-21-14(11-15)9-10-28-21/h2-5,8-13,20,24H,6-7H2,1H3. The third-order valence-electron chi connectivity index (χ3n) is 5.60.